The predicted octanol–water partition coefficient (Wildman–Crippen LogP) is 1.58. The van der Waals surface area contributed by atoms with Gasteiger partial charge in [-0.25, -0.2) is 0 Å². The maximum absolute atomic E-state index is 11.9. The summed E-state index contributed by atoms with van der Waals surface area (Å²) in [6, 6.07) is 0. The van der Waals surface area contributed by atoms with Crippen LogP contribution in [0, 0.1) is 5.92 Å². The molecule has 0 bridgehead atoms. The normalized spacial score (nSPS) is 34.9. The third kappa shape index (κ3) is 1.60. The molecule has 1 saturated heterocycles. The molecular weight excluding hydrogens is 190 g/mol. The van der Waals surface area contributed by atoms with E-state index in [0.29, 0.717) is 19.3 Å². The van der Waals surface area contributed by atoms with E-state index in [-0.39, 0.29) is 17.6 Å². The Morgan fingerprint density at radius 2 is 2.27 bits per heavy atom. The second-order valence-corrected chi connectivity index (χ2v) is 4.47. The maximum Gasteiger partial charge on any atom is 0.221 e. The van der Waals surface area contributed by atoms with Gasteiger partial charge in [0.15, 0.2) is 5.78 Å². The van der Waals surface area contributed by atoms with Gasteiger partial charge in [0.25, 0.3) is 0 Å². The molecule has 0 spiro atoms. The molecule has 2 unspecified atom stereocenters. The third-order valence-electron chi connectivity index (χ3n) is 3.55. The van der Waals surface area contributed by atoms with Crippen molar-refractivity contribution in [3.63, 3.8) is 0 Å². The zero-order valence-electron chi connectivity index (χ0n) is 9.08. The molecule has 0 aromatic heterocycles. The van der Waals surface area contributed by atoms with Crippen molar-refractivity contribution >= 4 is 11.7 Å². The van der Waals surface area contributed by atoms with E-state index in [4.69, 9.17) is 0 Å². The predicted molar refractivity (Wildman–Crippen MR) is 57.3 cm³/mol. The van der Waals surface area contributed by atoms with Gasteiger partial charge in [-0.2, -0.15) is 0 Å². The summed E-state index contributed by atoms with van der Waals surface area (Å²) >= 11 is 0. The maximum atomic E-state index is 11.9. The van der Waals surface area contributed by atoms with Crippen molar-refractivity contribution in [2.45, 2.75) is 44.6 Å². The molecule has 3 heteroatoms. The van der Waals surface area contributed by atoms with Crippen LogP contribution in [0.4, 0.5) is 0 Å². The van der Waals surface area contributed by atoms with E-state index in [1.54, 1.807) is 0 Å². The van der Waals surface area contributed by atoms with E-state index in [2.05, 4.69) is 18.3 Å². The lowest BCUT2D eigenvalue weighted by molar-refractivity contribution is -0.127. The molecule has 0 radical (unpaired) electrons. The Bertz CT molecular complexity index is 322. The zero-order chi connectivity index (χ0) is 10.9. The molecule has 1 aliphatic heterocycles. The van der Waals surface area contributed by atoms with E-state index in [9.17, 15) is 9.59 Å². The monoisotopic (exact) mass is 207 g/mol. The topological polar surface area (TPSA) is 46.2 Å². The molecule has 82 valence electrons. The molecule has 1 saturated carbocycles. The summed E-state index contributed by atoms with van der Waals surface area (Å²) in [5.41, 5.74) is -0.539. The average Bonchev–Trinajstić information content (AvgIpc) is 2.65. The van der Waals surface area contributed by atoms with Gasteiger partial charge in [0.2, 0.25) is 5.91 Å². The standard InChI is InChI=1S/C12H17NO2/c1-2-3-4-7-12-9(5-6-10(12)14)8-11(15)13-12/h3-4,9H,2,5-8H2,1H3,(H,13,15). The van der Waals surface area contributed by atoms with Crippen molar-refractivity contribution in [1.82, 2.24) is 5.32 Å². The van der Waals surface area contributed by atoms with Crippen molar-refractivity contribution in [3.8, 4) is 0 Å². The van der Waals surface area contributed by atoms with Crippen LogP contribution in [0.15, 0.2) is 12.2 Å². The first kappa shape index (κ1) is 10.4. The van der Waals surface area contributed by atoms with E-state index >= 15 is 0 Å². The molecular formula is C12H17NO2. The number of fused-ring (bicyclic) bond motifs is 1. The first-order valence-corrected chi connectivity index (χ1v) is 5.68. The highest BCUT2D eigenvalue weighted by molar-refractivity contribution is 5.98. The molecule has 0 aromatic rings. The number of hydrogen-bond donors (Lipinski definition) is 1. The number of rotatable bonds is 3. The SMILES string of the molecule is CCC=CCC12NC(=O)CC1CCC2=O. The molecule has 1 aliphatic carbocycles. The first-order valence-electron chi connectivity index (χ1n) is 5.68. The van der Waals surface area contributed by atoms with Crippen molar-refractivity contribution in [1.29, 1.82) is 0 Å². The quantitative estimate of drug-likeness (QED) is 0.714. The van der Waals surface area contributed by atoms with Gasteiger partial charge in [0.1, 0.15) is 5.54 Å². The van der Waals surface area contributed by atoms with Crippen molar-refractivity contribution in [2.24, 2.45) is 5.92 Å². The van der Waals surface area contributed by atoms with Gasteiger partial charge in [-0.05, 0) is 25.2 Å². The smallest absolute Gasteiger partial charge is 0.221 e. The van der Waals surface area contributed by atoms with Crippen LogP contribution in [-0.2, 0) is 9.59 Å². The molecule has 1 N–H and O–H groups in total. The molecule has 15 heavy (non-hydrogen) atoms. The minimum Gasteiger partial charge on any atom is -0.343 e. The second-order valence-electron chi connectivity index (χ2n) is 4.47. The van der Waals surface area contributed by atoms with Crippen molar-refractivity contribution in [2.75, 3.05) is 0 Å². The summed E-state index contributed by atoms with van der Waals surface area (Å²) in [7, 11) is 0. The van der Waals surface area contributed by atoms with Crippen LogP contribution < -0.4 is 5.32 Å². The summed E-state index contributed by atoms with van der Waals surface area (Å²) in [4.78, 5) is 23.2. The molecule has 3 nitrogen and oxygen atoms in total. The molecule has 0 aromatic carbocycles. The van der Waals surface area contributed by atoms with Crippen LogP contribution in [-0.4, -0.2) is 17.2 Å². The van der Waals surface area contributed by atoms with Gasteiger partial charge in [-0.3, -0.25) is 9.59 Å². The lowest BCUT2D eigenvalue weighted by Crippen LogP contribution is -2.48. The molecule has 1 heterocycles. The molecule has 2 rings (SSSR count). The molecule has 1 amide bonds. The van der Waals surface area contributed by atoms with Crippen LogP contribution >= 0.6 is 0 Å². The Morgan fingerprint density at radius 1 is 1.47 bits per heavy atom. The molecule has 2 aliphatic rings. The minimum absolute atomic E-state index is 0.0398. The number of carbonyl (C=O) groups excluding carboxylic acids is 2. The summed E-state index contributed by atoms with van der Waals surface area (Å²) < 4.78 is 0. The van der Waals surface area contributed by atoms with Crippen LogP contribution in [0.25, 0.3) is 0 Å². The largest absolute Gasteiger partial charge is 0.343 e. The summed E-state index contributed by atoms with van der Waals surface area (Å²) in [6.45, 7) is 2.06. The first-order chi connectivity index (χ1) is 7.19. The van der Waals surface area contributed by atoms with E-state index < -0.39 is 5.54 Å². The Hall–Kier alpha value is -1.12. The minimum atomic E-state index is -0.539. The fourth-order valence-electron chi connectivity index (χ4n) is 2.74. The van der Waals surface area contributed by atoms with Crippen molar-refractivity contribution in [3.05, 3.63) is 12.2 Å². The van der Waals surface area contributed by atoms with Gasteiger partial charge in [-0.15, -0.1) is 0 Å². The average molecular weight is 207 g/mol. The third-order valence-corrected chi connectivity index (χ3v) is 3.55. The molecule has 2 atom stereocenters. The fraction of sp³-hybridized carbons (Fsp3) is 0.667. The highest BCUT2D eigenvalue weighted by Crippen LogP contribution is 2.41. The summed E-state index contributed by atoms with van der Waals surface area (Å²) in [5.74, 6) is 0.496. The Kier molecular flexibility index (Phi) is 2.63. The van der Waals surface area contributed by atoms with Crippen LogP contribution in [0.1, 0.15) is 39.0 Å². The molecule has 2 fully saturated rings. The number of amides is 1. The van der Waals surface area contributed by atoms with Gasteiger partial charge >= 0.3 is 0 Å². The zero-order valence-corrected chi connectivity index (χ0v) is 9.08. The Morgan fingerprint density at radius 3 is 3.00 bits per heavy atom. The van der Waals surface area contributed by atoms with Crippen molar-refractivity contribution < 1.29 is 9.59 Å². The van der Waals surface area contributed by atoms with Crippen LogP contribution in [0.3, 0.4) is 0 Å². The number of Topliss-reactive ketones (excluding diaryl/α,β-unsaturated/α-hetero) is 1. The summed E-state index contributed by atoms with van der Waals surface area (Å²) in [5, 5.41) is 2.90. The van der Waals surface area contributed by atoms with Gasteiger partial charge in [0.05, 0.1) is 0 Å². The lowest BCUT2D eigenvalue weighted by Gasteiger charge is -2.25. The van der Waals surface area contributed by atoms with Gasteiger partial charge < -0.3 is 5.32 Å². The van der Waals surface area contributed by atoms with Gasteiger partial charge in [-0.1, -0.05) is 19.1 Å². The van der Waals surface area contributed by atoms with E-state index in [0.717, 1.165) is 12.8 Å². The van der Waals surface area contributed by atoms with E-state index in [1.807, 2.05) is 6.08 Å². The fourth-order valence-corrected chi connectivity index (χ4v) is 2.74. The summed E-state index contributed by atoms with van der Waals surface area (Å²) in [6.07, 6.45) is 7.77. The van der Waals surface area contributed by atoms with Crippen LogP contribution in [0.5, 0.6) is 0 Å². The lowest BCUT2D eigenvalue weighted by atomic mass is 9.85. The second kappa shape index (κ2) is 3.80. The number of allylic oxidation sites excluding steroid dienone is 1. The number of carbonyl (C=O) groups is 2. The number of nitrogens with one attached hydrogen (secondary N) is 1. The van der Waals surface area contributed by atoms with Crippen LogP contribution in [0.2, 0.25) is 0 Å². The number of ketones is 1. The highest BCUT2D eigenvalue weighted by atomic mass is 16.2. The highest BCUT2D eigenvalue weighted by Gasteiger charge is 2.54. The Labute approximate surface area is 89.9 Å². The van der Waals surface area contributed by atoms with Gasteiger partial charge in [0, 0.05) is 12.8 Å². The van der Waals surface area contributed by atoms with E-state index in [1.165, 1.54) is 0 Å². The number of hydrogen-bond acceptors (Lipinski definition) is 2. The Balaban J connectivity index is 2.17.